The number of carbonyl (C=O) groups excluding carboxylic acids is 4. The Balaban J connectivity index is 2.36. The van der Waals surface area contributed by atoms with E-state index >= 15 is 0 Å². The maximum atomic E-state index is 11.3. The van der Waals surface area contributed by atoms with Crippen LogP contribution in [-0.4, -0.2) is 34.3 Å². The minimum Gasteiger partial charge on any atom is -0.383 e. The molecule has 1 heterocycles. The molecule has 0 atom stereocenters. The second-order valence-electron chi connectivity index (χ2n) is 3.14. The summed E-state index contributed by atoms with van der Waals surface area (Å²) in [4.78, 5) is 45.2. The van der Waals surface area contributed by atoms with Crippen molar-refractivity contribution < 1.29 is 23.4 Å². The van der Waals surface area contributed by atoms with E-state index in [-0.39, 0.29) is 37.6 Å². The molecule has 6 nitrogen and oxygen atoms in total. The monoisotopic (exact) mass is 245 g/mol. The van der Waals surface area contributed by atoms with E-state index in [0.717, 1.165) is 4.90 Å². The molecule has 0 aromatic heterocycles. The number of rotatable bonds is 3. The third-order valence-electron chi connectivity index (χ3n) is 1.96. The average Bonchev–Trinajstić information content (AvgIpc) is 2.57. The highest BCUT2D eigenvalue weighted by atomic mass is 32.2. The Labute approximate surface area is 96.5 Å². The van der Waals surface area contributed by atoms with E-state index in [1.807, 2.05) is 0 Å². The summed E-state index contributed by atoms with van der Waals surface area (Å²) in [5.74, 6) is -1.24. The van der Waals surface area contributed by atoms with Crippen LogP contribution >= 0.6 is 12.0 Å². The van der Waals surface area contributed by atoms with Crippen molar-refractivity contribution >= 4 is 34.9 Å². The fourth-order valence-corrected chi connectivity index (χ4v) is 1.59. The topological polar surface area (TPSA) is 80.8 Å². The van der Waals surface area contributed by atoms with Crippen LogP contribution in [0.2, 0.25) is 0 Å². The van der Waals surface area contributed by atoms with Gasteiger partial charge in [-0.1, -0.05) is 6.92 Å². The van der Waals surface area contributed by atoms with Crippen LogP contribution in [0.5, 0.6) is 0 Å². The third kappa shape index (κ3) is 3.34. The first kappa shape index (κ1) is 12.7. The lowest BCUT2D eigenvalue weighted by molar-refractivity contribution is -0.140. The second kappa shape index (κ2) is 5.64. The van der Waals surface area contributed by atoms with Gasteiger partial charge in [-0.15, -0.1) is 0 Å². The predicted molar refractivity (Wildman–Crippen MR) is 54.9 cm³/mol. The van der Waals surface area contributed by atoms with Gasteiger partial charge in [0.05, 0.1) is 0 Å². The van der Waals surface area contributed by atoms with E-state index in [0.29, 0.717) is 12.0 Å². The number of carbonyl (C=O) groups is 4. The van der Waals surface area contributed by atoms with Gasteiger partial charge in [-0.2, -0.15) is 0 Å². The summed E-state index contributed by atoms with van der Waals surface area (Å²) in [5, 5.41) is -0.537. The Morgan fingerprint density at radius 2 is 1.88 bits per heavy atom. The van der Waals surface area contributed by atoms with Crippen molar-refractivity contribution in [3.05, 3.63) is 0 Å². The molecular formula is C9H11NO5S. The van der Waals surface area contributed by atoms with Crippen LogP contribution in [0.15, 0.2) is 0 Å². The molecule has 88 valence electrons. The van der Waals surface area contributed by atoms with Crippen molar-refractivity contribution in [2.75, 3.05) is 6.54 Å². The molecule has 0 saturated carbocycles. The lowest BCUT2D eigenvalue weighted by atomic mass is 10.4. The molecule has 1 aliphatic rings. The summed E-state index contributed by atoms with van der Waals surface area (Å²) in [5.41, 5.74) is 0. The van der Waals surface area contributed by atoms with E-state index in [1.54, 1.807) is 6.92 Å². The van der Waals surface area contributed by atoms with Crippen molar-refractivity contribution in [3.8, 4) is 0 Å². The molecule has 0 bridgehead atoms. The van der Waals surface area contributed by atoms with Gasteiger partial charge in [0.2, 0.25) is 16.9 Å². The van der Waals surface area contributed by atoms with E-state index < -0.39 is 11.1 Å². The second-order valence-corrected chi connectivity index (χ2v) is 3.93. The zero-order valence-corrected chi connectivity index (χ0v) is 9.54. The summed E-state index contributed by atoms with van der Waals surface area (Å²) in [6.07, 6.45) is 0.457. The maximum absolute atomic E-state index is 11.3. The predicted octanol–water partition coefficient (Wildman–Crippen LogP) is 0.263. The molecule has 1 saturated heterocycles. The molecular weight excluding hydrogens is 234 g/mol. The summed E-state index contributed by atoms with van der Waals surface area (Å²) < 4.78 is 4.51. The number of nitrogens with zero attached hydrogens (tertiary/aromatic N) is 1. The van der Waals surface area contributed by atoms with Crippen molar-refractivity contribution in [2.24, 2.45) is 0 Å². The van der Waals surface area contributed by atoms with E-state index in [2.05, 4.69) is 4.18 Å². The summed E-state index contributed by atoms with van der Waals surface area (Å²) in [7, 11) is 0. The van der Waals surface area contributed by atoms with E-state index in [1.165, 1.54) is 0 Å². The lowest BCUT2D eigenvalue weighted by Gasteiger charge is -2.11. The highest BCUT2D eigenvalue weighted by Gasteiger charge is 2.30. The zero-order chi connectivity index (χ0) is 12.1. The fourth-order valence-electron chi connectivity index (χ4n) is 1.11. The highest BCUT2D eigenvalue weighted by Crippen LogP contribution is 2.14. The molecule has 0 aromatic carbocycles. The van der Waals surface area contributed by atoms with Crippen LogP contribution in [0.1, 0.15) is 26.2 Å². The third-order valence-corrected chi connectivity index (χ3v) is 2.54. The first-order valence-electron chi connectivity index (χ1n) is 4.78. The first-order valence-corrected chi connectivity index (χ1v) is 5.52. The zero-order valence-electron chi connectivity index (χ0n) is 8.73. The van der Waals surface area contributed by atoms with E-state index in [9.17, 15) is 19.2 Å². The number of amides is 2. The largest absolute Gasteiger partial charge is 0.383 e. The van der Waals surface area contributed by atoms with Crippen LogP contribution in [0.25, 0.3) is 0 Å². The molecule has 0 aliphatic carbocycles. The van der Waals surface area contributed by atoms with Gasteiger partial charge in [0.1, 0.15) is 18.6 Å². The molecule has 0 aromatic rings. The van der Waals surface area contributed by atoms with Gasteiger partial charge in [0, 0.05) is 19.3 Å². The molecule has 7 heteroatoms. The normalized spacial score (nSPS) is 15.4. The standard InChI is InChI=1S/C9H11NO5S/c1-2-8(13)15-16-9(14)5-10-6(11)3-4-7(10)12/h2-5H2,1H3. The number of hydrogen-bond acceptors (Lipinski definition) is 6. The Morgan fingerprint density at radius 3 is 2.38 bits per heavy atom. The van der Waals surface area contributed by atoms with Gasteiger partial charge in [-0.25, -0.2) is 0 Å². The van der Waals surface area contributed by atoms with Crippen LogP contribution < -0.4 is 0 Å². The number of likely N-dealkylation sites (tertiary alicyclic amines) is 1. The maximum Gasteiger partial charge on any atom is 0.317 e. The number of imide groups is 1. The summed E-state index contributed by atoms with van der Waals surface area (Å²) in [6, 6.07) is 0. The Kier molecular flexibility index (Phi) is 4.48. The molecule has 1 aliphatic heterocycles. The van der Waals surface area contributed by atoms with Gasteiger partial charge < -0.3 is 4.18 Å². The molecule has 1 fully saturated rings. The quantitative estimate of drug-likeness (QED) is 0.524. The average molecular weight is 245 g/mol. The van der Waals surface area contributed by atoms with Crippen molar-refractivity contribution in [1.82, 2.24) is 4.90 Å². The summed E-state index contributed by atoms with van der Waals surface area (Å²) >= 11 is 0.365. The molecule has 1 rings (SSSR count). The lowest BCUT2D eigenvalue weighted by Crippen LogP contribution is -2.33. The first-order chi connectivity index (χ1) is 7.54. The fraction of sp³-hybridized carbons (Fsp3) is 0.556. The van der Waals surface area contributed by atoms with Crippen molar-refractivity contribution in [3.63, 3.8) is 0 Å². The van der Waals surface area contributed by atoms with Gasteiger partial charge in [-0.3, -0.25) is 24.1 Å². The SMILES string of the molecule is CCC(=O)OSC(=O)CN1C(=O)CCC1=O. The molecule has 0 unspecified atom stereocenters. The van der Waals surface area contributed by atoms with Crippen LogP contribution in [0.3, 0.4) is 0 Å². The smallest absolute Gasteiger partial charge is 0.317 e. The number of hydrogen-bond donors (Lipinski definition) is 0. The van der Waals surface area contributed by atoms with Crippen LogP contribution in [0, 0.1) is 0 Å². The Hall–Kier alpha value is -1.37. The molecule has 2 amide bonds. The minimum atomic E-state index is -0.537. The van der Waals surface area contributed by atoms with Gasteiger partial charge in [-0.05, 0) is 0 Å². The van der Waals surface area contributed by atoms with E-state index in [4.69, 9.17) is 0 Å². The Bertz CT molecular complexity index is 325. The van der Waals surface area contributed by atoms with Gasteiger partial charge in [0.15, 0.2) is 0 Å². The van der Waals surface area contributed by atoms with Crippen molar-refractivity contribution in [1.29, 1.82) is 0 Å². The van der Waals surface area contributed by atoms with Crippen LogP contribution in [0.4, 0.5) is 0 Å². The summed E-state index contributed by atoms with van der Waals surface area (Å²) in [6.45, 7) is 1.26. The van der Waals surface area contributed by atoms with Crippen molar-refractivity contribution in [2.45, 2.75) is 26.2 Å². The highest BCUT2D eigenvalue weighted by molar-refractivity contribution is 8.09. The minimum absolute atomic E-state index is 0.144. The molecule has 0 radical (unpaired) electrons. The molecule has 0 N–H and O–H groups in total. The van der Waals surface area contributed by atoms with Crippen LogP contribution in [-0.2, 0) is 23.4 Å². The Morgan fingerprint density at radius 1 is 1.31 bits per heavy atom. The van der Waals surface area contributed by atoms with Gasteiger partial charge >= 0.3 is 5.97 Å². The molecule has 16 heavy (non-hydrogen) atoms. The van der Waals surface area contributed by atoms with Gasteiger partial charge in [0.25, 0.3) is 0 Å². The molecule has 0 spiro atoms.